The molecule has 1 unspecified atom stereocenters. The highest BCUT2D eigenvalue weighted by atomic mass is 32.2. The molecule has 2 aromatic heterocycles. The minimum absolute atomic E-state index is 0.0790. The number of pyridine rings is 1. The largest absolute Gasteiger partial charge is 0.474 e. The van der Waals surface area contributed by atoms with Gasteiger partial charge in [0.15, 0.2) is 0 Å². The summed E-state index contributed by atoms with van der Waals surface area (Å²) in [6, 6.07) is 13.7. The summed E-state index contributed by atoms with van der Waals surface area (Å²) in [5.41, 5.74) is 2.85. The predicted octanol–water partition coefficient (Wildman–Crippen LogP) is 3.22. The third-order valence-corrected chi connectivity index (χ3v) is 7.03. The summed E-state index contributed by atoms with van der Waals surface area (Å²) in [4.78, 5) is 18.4. The van der Waals surface area contributed by atoms with Crippen LogP contribution in [0.5, 0.6) is 5.88 Å². The molecule has 1 aromatic carbocycles. The van der Waals surface area contributed by atoms with E-state index < -0.39 is 10.8 Å². The lowest BCUT2D eigenvalue weighted by Crippen LogP contribution is -2.38. The third-order valence-electron chi connectivity index (χ3n) is 6.11. The van der Waals surface area contributed by atoms with Crippen LogP contribution in [0.1, 0.15) is 24.0 Å². The number of fused-ring (bicyclic) bond motifs is 1. The van der Waals surface area contributed by atoms with Crippen LogP contribution in [-0.4, -0.2) is 51.2 Å². The van der Waals surface area contributed by atoms with Crippen LogP contribution in [0.15, 0.2) is 53.8 Å². The second kappa shape index (κ2) is 9.16. The Bertz CT molecular complexity index is 1220. The molecule has 1 atom stereocenters. The minimum atomic E-state index is -0.986. The molecule has 4 heterocycles. The van der Waals surface area contributed by atoms with Crippen molar-refractivity contribution in [3.63, 3.8) is 0 Å². The molecule has 0 radical (unpaired) electrons. The fourth-order valence-corrected chi connectivity index (χ4v) is 4.92. The molecule has 168 valence electrons. The topological polar surface area (TPSA) is 95.2 Å². The first kappa shape index (κ1) is 21.3. The summed E-state index contributed by atoms with van der Waals surface area (Å²) in [5.74, 6) is 2.28. The van der Waals surface area contributed by atoms with E-state index in [4.69, 9.17) is 10.00 Å². The molecule has 0 bridgehead atoms. The normalized spacial score (nSPS) is 16.8. The highest BCUT2D eigenvalue weighted by Gasteiger charge is 2.25. The first-order valence-electron chi connectivity index (χ1n) is 10.9. The summed E-state index contributed by atoms with van der Waals surface area (Å²) < 4.78 is 18.0. The number of benzene rings is 1. The Balaban J connectivity index is 1.23. The summed E-state index contributed by atoms with van der Waals surface area (Å²) >= 11 is 0. The minimum Gasteiger partial charge on any atom is -0.474 e. The number of rotatable bonds is 5. The number of hydrogen-bond donors (Lipinski definition) is 0. The van der Waals surface area contributed by atoms with Crippen molar-refractivity contribution >= 4 is 28.1 Å². The van der Waals surface area contributed by atoms with Gasteiger partial charge in [0.05, 0.1) is 5.56 Å². The number of piperidine rings is 1. The Morgan fingerprint density at radius 3 is 2.64 bits per heavy atom. The van der Waals surface area contributed by atoms with E-state index in [9.17, 15) is 4.21 Å². The fraction of sp³-hybridized carbons (Fsp3) is 0.333. The van der Waals surface area contributed by atoms with E-state index in [0.717, 1.165) is 61.1 Å². The maximum absolute atomic E-state index is 11.8. The van der Waals surface area contributed by atoms with Crippen LogP contribution in [-0.2, 0) is 17.2 Å². The number of ether oxygens (including phenoxy) is 1. The van der Waals surface area contributed by atoms with Gasteiger partial charge >= 0.3 is 0 Å². The van der Waals surface area contributed by atoms with E-state index in [-0.39, 0.29) is 6.10 Å². The smallest absolute Gasteiger partial charge is 0.218 e. The predicted molar refractivity (Wildman–Crippen MR) is 126 cm³/mol. The van der Waals surface area contributed by atoms with Crippen molar-refractivity contribution in [1.82, 2.24) is 15.0 Å². The molecule has 8 nitrogen and oxygen atoms in total. The zero-order valence-electron chi connectivity index (χ0n) is 18.3. The number of aromatic nitrogens is 3. The Kier molecular flexibility index (Phi) is 5.92. The number of hydrogen-bond acceptors (Lipinski definition) is 8. The van der Waals surface area contributed by atoms with E-state index in [1.54, 1.807) is 24.8 Å². The number of nitriles is 1. The van der Waals surface area contributed by atoms with E-state index in [0.29, 0.717) is 11.4 Å². The van der Waals surface area contributed by atoms with Gasteiger partial charge in [-0.25, -0.2) is 15.0 Å². The van der Waals surface area contributed by atoms with Gasteiger partial charge in [0.25, 0.3) is 0 Å². The molecule has 3 aromatic rings. The van der Waals surface area contributed by atoms with E-state index in [2.05, 4.69) is 30.8 Å². The zero-order chi connectivity index (χ0) is 22.8. The maximum Gasteiger partial charge on any atom is 0.218 e. The SMILES string of the molecule is CS(=O)c1ccc2c(c1)CCN2c1cc(OC2CCN(c3ccc(C#N)cn3)CC2)ncn1. The van der Waals surface area contributed by atoms with Crippen LogP contribution in [0.4, 0.5) is 17.3 Å². The van der Waals surface area contributed by atoms with Gasteiger partial charge in [-0.1, -0.05) is 0 Å². The van der Waals surface area contributed by atoms with Crippen molar-refractivity contribution in [3.8, 4) is 11.9 Å². The summed E-state index contributed by atoms with van der Waals surface area (Å²) in [5, 5.41) is 8.94. The monoisotopic (exact) mass is 460 g/mol. The maximum atomic E-state index is 11.8. The summed E-state index contributed by atoms with van der Waals surface area (Å²) in [7, 11) is -0.986. The van der Waals surface area contributed by atoms with Gasteiger partial charge in [-0.05, 0) is 42.3 Å². The molecule has 1 fully saturated rings. The second-order valence-corrected chi connectivity index (χ2v) is 9.56. The molecular weight excluding hydrogens is 436 g/mol. The van der Waals surface area contributed by atoms with Gasteiger partial charge in [0, 0.05) is 72.4 Å². The van der Waals surface area contributed by atoms with Crippen LogP contribution in [0.25, 0.3) is 0 Å². The van der Waals surface area contributed by atoms with Gasteiger partial charge in [0.1, 0.15) is 30.1 Å². The lowest BCUT2D eigenvalue weighted by molar-refractivity contribution is 0.163. The molecule has 0 saturated carbocycles. The molecule has 0 aliphatic carbocycles. The van der Waals surface area contributed by atoms with Crippen molar-refractivity contribution in [2.45, 2.75) is 30.3 Å². The first-order valence-corrected chi connectivity index (χ1v) is 12.5. The molecule has 0 spiro atoms. The molecule has 1 saturated heterocycles. The second-order valence-electron chi connectivity index (χ2n) is 8.18. The van der Waals surface area contributed by atoms with Gasteiger partial charge in [-0.2, -0.15) is 5.26 Å². The summed E-state index contributed by atoms with van der Waals surface area (Å²) in [6.07, 6.45) is 7.56. The van der Waals surface area contributed by atoms with Crippen molar-refractivity contribution in [2.75, 3.05) is 35.7 Å². The van der Waals surface area contributed by atoms with E-state index >= 15 is 0 Å². The number of nitrogens with zero attached hydrogens (tertiary/aromatic N) is 6. The van der Waals surface area contributed by atoms with Crippen molar-refractivity contribution < 1.29 is 8.95 Å². The molecule has 0 amide bonds. The quantitative estimate of drug-likeness (QED) is 0.573. The Hall–Kier alpha value is -3.51. The average molecular weight is 461 g/mol. The van der Waals surface area contributed by atoms with Crippen LogP contribution in [0, 0.1) is 11.3 Å². The number of anilines is 3. The van der Waals surface area contributed by atoms with Crippen molar-refractivity contribution in [1.29, 1.82) is 5.26 Å². The lowest BCUT2D eigenvalue weighted by Gasteiger charge is -2.32. The molecule has 0 N–H and O–H groups in total. The summed E-state index contributed by atoms with van der Waals surface area (Å²) in [6.45, 7) is 2.49. The van der Waals surface area contributed by atoms with Gasteiger partial charge < -0.3 is 14.5 Å². The van der Waals surface area contributed by atoms with E-state index in [1.807, 2.05) is 30.3 Å². The Labute approximate surface area is 195 Å². The third kappa shape index (κ3) is 4.52. The van der Waals surface area contributed by atoms with Gasteiger partial charge in [-0.3, -0.25) is 4.21 Å². The molecule has 9 heteroatoms. The lowest BCUT2D eigenvalue weighted by atomic mass is 10.1. The van der Waals surface area contributed by atoms with Crippen molar-refractivity contribution in [2.24, 2.45) is 0 Å². The highest BCUT2D eigenvalue weighted by Crippen LogP contribution is 2.35. The Morgan fingerprint density at radius 1 is 1.06 bits per heavy atom. The molecule has 5 rings (SSSR count). The van der Waals surface area contributed by atoms with Crippen LogP contribution in [0.2, 0.25) is 0 Å². The van der Waals surface area contributed by atoms with Crippen LogP contribution >= 0.6 is 0 Å². The molecule has 33 heavy (non-hydrogen) atoms. The molecule has 2 aliphatic heterocycles. The molecular formula is C24H24N6O2S. The van der Waals surface area contributed by atoms with Gasteiger partial charge in [-0.15, -0.1) is 0 Å². The molecule has 2 aliphatic rings. The van der Waals surface area contributed by atoms with Gasteiger partial charge in [0.2, 0.25) is 5.88 Å². The van der Waals surface area contributed by atoms with Crippen LogP contribution in [0.3, 0.4) is 0 Å². The highest BCUT2D eigenvalue weighted by molar-refractivity contribution is 7.84. The average Bonchev–Trinajstić information content (AvgIpc) is 3.28. The van der Waals surface area contributed by atoms with Crippen molar-refractivity contribution in [3.05, 3.63) is 60.0 Å². The standard InChI is InChI=1S/C24H24N6O2S/c1-33(31)20-3-4-21-18(12-20)6-11-30(21)23-13-24(28-16-27-23)32-19-7-9-29(10-8-19)22-5-2-17(14-25)15-26-22/h2-5,12-13,15-16,19H,6-11H2,1H3. The first-order chi connectivity index (χ1) is 16.1. The Morgan fingerprint density at radius 2 is 1.91 bits per heavy atom. The van der Waals surface area contributed by atoms with E-state index in [1.165, 1.54) is 5.56 Å². The van der Waals surface area contributed by atoms with Crippen LogP contribution < -0.4 is 14.5 Å². The zero-order valence-corrected chi connectivity index (χ0v) is 19.2. The fourth-order valence-electron chi connectivity index (χ4n) is 4.35.